The van der Waals surface area contributed by atoms with Crippen LogP contribution in [0.4, 0.5) is 0 Å². The van der Waals surface area contributed by atoms with Gasteiger partial charge in [0.1, 0.15) is 15.4 Å². The van der Waals surface area contributed by atoms with Crippen molar-refractivity contribution in [3.63, 3.8) is 0 Å². The molecule has 0 aromatic carbocycles. The van der Waals surface area contributed by atoms with Gasteiger partial charge in [0.25, 0.3) is 0 Å². The molecule has 0 rings (SSSR count). The van der Waals surface area contributed by atoms with E-state index in [9.17, 15) is 22.9 Å². The second-order valence-corrected chi connectivity index (χ2v) is 9.76. The third kappa shape index (κ3) is 24.0. The van der Waals surface area contributed by atoms with Gasteiger partial charge in [-0.05, 0) is 18.7 Å². The maximum atomic E-state index is 11.8. The first-order chi connectivity index (χ1) is 14.3. The van der Waals surface area contributed by atoms with Crippen LogP contribution >= 0.6 is 0 Å². The molecule has 0 bridgehead atoms. The Bertz CT molecular complexity index is 563. The van der Waals surface area contributed by atoms with Crippen molar-refractivity contribution in [3.8, 4) is 0 Å². The summed E-state index contributed by atoms with van der Waals surface area (Å²) < 4.78 is 33.1. The summed E-state index contributed by atoms with van der Waals surface area (Å²) in [5, 5.41) is 17.9. The van der Waals surface area contributed by atoms with E-state index < -0.39 is 33.6 Å². The van der Waals surface area contributed by atoms with Gasteiger partial charge in [-0.3, -0.25) is 4.79 Å². The Labute approximate surface area is 240 Å². The fourth-order valence-electron chi connectivity index (χ4n) is 3.49. The van der Waals surface area contributed by atoms with Gasteiger partial charge in [-0.15, -0.1) is 0 Å². The molecule has 0 aliphatic rings. The number of nitrogens with one attached hydrogen (secondary N) is 2. The molecule has 1 amide bonds. The predicted octanol–water partition coefficient (Wildman–Crippen LogP) is -1.99. The van der Waals surface area contributed by atoms with E-state index in [1.165, 1.54) is 77.0 Å². The molecule has 0 spiro atoms. The van der Waals surface area contributed by atoms with Crippen LogP contribution in [0.25, 0.3) is 0 Å². The molecule has 1 unspecified atom stereocenters. The number of unbranched alkanes of at least 4 members (excludes halogenated alkanes) is 15. The van der Waals surface area contributed by atoms with Crippen LogP contribution in [-0.4, -0.2) is 36.6 Å². The SMILES string of the molecule is CCCCCCCCCCCCCCCCCCNC(=O)C(CC(=N)[O-])S(=O)(=O)[O-].[Na+].[Na+]. The summed E-state index contributed by atoms with van der Waals surface area (Å²) in [7, 11) is -4.94. The number of carbonyl (C=O) groups excluding carboxylic acids is 1. The molecule has 0 radical (unpaired) electrons. The Hall–Kier alpha value is 0.850. The first kappa shape index (κ1) is 37.4. The van der Waals surface area contributed by atoms with E-state index in [0.29, 0.717) is 6.42 Å². The zero-order valence-electron chi connectivity index (χ0n) is 20.8. The normalized spacial score (nSPS) is 11.8. The summed E-state index contributed by atoms with van der Waals surface area (Å²) in [6.45, 7) is 2.52. The molecule has 10 heteroatoms. The molecule has 1 atom stereocenters. The van der Waals surface area contributed by atoms with Crippen LogP contribution in [0.3, 0.4) is 0 Å². The molecule has 178 valence electrons. The Morgan fingerprint density at radius 1 is 0.781 bits per heavy atom. The van der Waals surface area contributed by atoms with E-state index in [0.717, 1.165) is 19.3 Å². The zero-order chi connectivity index (χ0) is 22.7. The third-order valence-corrected chi connectivity index (χ3v) is 6.42. The second-order valence-electron chi connectivity index (χ2n) is 8.20. The minimum Gasteiger partial charge on any atom is -0.862 e. The minimum atomic E-state index is -4.94. The van der Waals surface area contributed by atoms with Crippen LogP contribution < -0.4 is 69.5 Å². The summed E-state index contributed by atoms with van der Waals surface area (Å²) in [6.07, 6.45) is 19.0. The summed E-state index contributed by atoms with van der Waals surface area (Å²) in [5.41, 5.74) is 0. The summed E-state index contributed by atoms with van der Waals surface area (Å²) in [6, 6.07) is 0. The quantitative estimate of drug-likeness (QED) is 0.0630. The third-order valence-electron chi connectivity index (χ3n) is 5.34. The fraction of sp³-hybridized carbons (Fsp3) is 0.909. The molecular formula is C22H42N2Na2O5S. The van der Waals surface area contributed by atoms with Crippen LogP contribution in [0, 0.1) is 5.41 Å². The standard InChI is InChI=1S/C22H44N2O5S.2Na/c1-2-3-4-5-6-7-8-9-10-11-12-13-14-15-16-17-18-24-22(26)20(19-21(23)25)30(27,28)29;;/h20H,2-19H2,1H3,(H2,23,25)(H,24,26)(H,27,28,29);;/q;2*+1/p-2. The molecule has 0 fully saturated rings. The van der Waals surface area contributed by atoms with Crippen molar-refractivity contribution in [3.05, 3.63) is 0 Å². The number of hydrogen-bond donors (Lipinski definition) is 2. The Morgan fingerprint density at radius 2 is 1.12 bits per heavy atom. The molecule has 0 saturated carbocycles. The van der Waals surface area contributed by atoms with Gasteiger partial charge < -0.3 is 20.4 Å². The topological polar surface area (TPSA) is 133 Å². The van der Waals surface area contributed by atoms with Gasteiger partial charge in [0, 0.05) is 6.54 Å². The van der Waals surface area contributed by atoms with Crippen molar-refractivity contribution in [1.82, 2.24) is 5.32 Å². The molecule has 0 aliphatic heterocycles. The van der Waals surface area contributed by atoms with Gasteiger partial charge in [-0.25, -0.2) is 8.42 Å². The van der Waals surface area contributed by atoms with E-state index in [4.69, 9.17) is 5.41 Å². The molecular weight excluding hydrogens is 450 g/mol. The van der Waals surface area contributed by atoms with Crippen molar-refractivity contribution in [2.75, 3.05) is 6.54 Å². The van der Waals surface area contributed by atoms with Crippen LogP contribution in [-0.2, 0) is 14.9 Å². The summed E-state index contributed by atoms with van der Waals surface area (Å²) in [4.78, 5) is 11.8. The average molecular weight is 493 g/mol. The van der Waals surface area contributed by atoms with Crippen molar-refractivity contribution in [2.45, 2.75) is 121 Å². The van der Waals surface area contributed by atoms with E-state index in [1.54, 1.807) is 0 Å². The molecule has 0 aliphatic carbocycles. The smallest absolute Gasteiger partial charge is 0.862 e. The zero-order valence-corrected chi connectivity index (χ0v) is 25.6. The van der Waals surface area contributed by atoms with Crippen molar-refractivity contribution >= 4 is 21.9 Å². The molecule has 0 heterocycles. The maximum Gasteiger partial charge on any atom is 1.00 e. The predicted molar refractivity (Wildman–Crippen MR) is 118 cm³/mol. The van der Waals surface area contributed by atoms with Gasteiger partial charge >= 0.3 is 59.1 Å². The molecule has 0 aromatic rings. The Balaban J connectivity index is -0.00000420. The molecule has 2 N–H and O–H groups in total. The Kier molecular flexibility index (Phi) is 29.2. The van der Waals surface area contributed by atoms with Gasteiger partial charge in [0.2, 0.25) is 5.91 Å². The van der Waals surface area contributed by atoms with Gasteiger partial charge in [0.15, 0.2) is 0 Å². The van der Waals surface area contributed by atoms with Crippen LogP contribution in [0.5, 0.6) is 0 Å². The number of hydrogen-bond acceptors (Lipinski definition) is 6. The maximum absolute atomic E-state index is 11.8. The van der Waals surface area contributed by atoms with Crippen LogP contribution in [0.15, 0.2) is 0 Å². The average Bonchev–Trinajstić information content (AvgIpc) is 2.67. The molecule has 0 saturated heterocycles. The first-order valence-corrected chi connectivity index (χ1v) is 13.2. The minimum absolute atomic E-state index is 0. The van der Waals surface area contributed by atoms with Gasteiger partial charge in [-0.1, -0.05) is 103 Å². The van der Waals surface area contributed by atoms with Crippen molar-refractivity contribution in [1.29, 1.82) is 5.41 Å². The van der Waals surface area contributed by atoms with Gasteiger partial charge in [0.05, 0.1) is 0 Å². The van der Waals surface area contributed by atoms with Crippen LogP contribution in [0.1, 0.15) is 116 Å². The number of amides is 1. The molecule has 7 nitrogen and oxygen atoms in total. The van der Waals surface area contributed by atoms with Crippen LogP contribution in [0.2, 0.25) is 0 Å². The van der Waals surface area contributed by atoms with E-state index in [-0.39, 0.29) is 65.7 Å². The molecule has 32 heavy (non-hydrogen) atoms. The fourth-order valence-corrected chi connectivity index (χ4v) is 4.19. The van der Waals surface area contributed by atoms with Crippen molar-refractivity contribution in [2.24, 2.45) is 0 Å². The summed E-state index contributed by atoms with van der Waals surface area (Å²) in [5.74, 6) is -2.22. The largest absolute Gasteiger partial charge is 1.00 e. The Morgan fingerprint density at radius 3 is 1.44 bits per heavy atom. The summed E-state index contributed by atoms with van der Waals surface area (Å²) >= 11 is 0. The van der Waals surface area contributed by atoms with Crippen molar-refractivity contribution < 1.29 is 82.0 Å². The number of rotatable bonds is 21. The second kappa shape index (κ2) is 25.0. The first-order valence-electron chi connectivity index (χ1n) is 11.8. The monoisotopic (exact) mass is 492 g/mol. The van der Waals surface area contributed by atoms with E-state index in [2.05, 4.69) is 12.2 Å². The van der Waals surface area contributed by atoms with E-state index >= 15 is 0 Å². The number of carbonyl (C=O) groups is 1. The molecule has 0 aromatic heterocycles. The van der Waals surface area contributed by atoms with E-state index in [1.807, 2.05) is 0 Å². The van der Waals surface area contributed by atoms with Gasteiger partial charge in [-0.2, -0.15) is 0 Å².